The van der Waals surface area contributed by atoms with Gasteiger partial charge in [0.15, 0.2) is 8.56 Å². The number of hydrogen-bond donors (Lipinski definition) is 0. The van der Waals surface area contributed by atoms with Gasteiger partial charge in [-0.25, -0.2) is 0 Å². The Bertz CT molecular complexity index is 155. The molecule has 0 aliphatic rings. The van der Waals surface area contributed by atoms with Gasteiger partial charge in [-0.15, -0.1) is 0 Å². The molecule has 2 nitrogen and oxygen atoms in total. The van der Waals surface area contributed by atoms with E-state index < -0.39 is 8.56 Å². The Morgan fingerprint density at radius 1 is 0.867 bits per heavy atom. The molecule has 15 heavy (non-hydrogen) atoms. The molecule has 0 amide bonds. The predicted molar refractivity (Wildman–Crippen MR) is 64.4 cm³/mol. The second kappa shape index (κ2) is 6.81. The third-order valence-corrected chi connectivity index (χ3v) is 3.13. The van der Waals surface area contributed by atoms with Gasteiger partial charge in [-0.1, -0.05) is 0 Å². The monoisotopic (exact) mass is 262 g/mol. The fourth-order valence-corrected chi connectivity index (χ4v) is 3.95. The zero-order valence-electron chi connectivity index (χ0n) is 11.1. The summed E-state index contributed by atoms with van der Waals surface area (Å²) in [6, 6.07) is 0. The van der Waals surface area contributed by atoms with Crippen molar-refractivity contribution in [1.82, 2.24) is 0 Å². The number of hydrogen-bond acceptors (Lipinski definition) is 2. The van der Waals surface area contributed by atoms with Gasteiger partial charge in [-0.2, -0.15) is 0 Å². The Labute approximate surface area is 118 Å². The summed E-state index contributed by atoms with van der Waals surface area (Å²) in [4.78, 5) is 0. The van der Waals surface area contributed by atoms with Gasteiger partial charge < -0.3 is 21.3 Å². The zero-order chi connectivity index (χ0) is 10.9. The maximum absolute atomic E-state index is 5.81. The van der Waals surface area contributed by atoms with Crippen LogP contribution in [-0.2, 0) is 8.85 Å². The van der Waals surface area contributed by atoms with Crippen molar-refractivity contribution >= 4 is 31.6 Å². The maximum Gasteiger partial charge on any atom is 2.00 e. The first-order valence-electron chi connectivity index (χ1n) is 4.67. The SMILES string of the molecule is [CH2-][Si](C)(OC(C)(C)C)OC(C)(C)C.[Cl-].[Mg+2]. The van der Waals surface area contributed by atoms with Crippen LogP contribution < -0.4 is 12.4 Å². The van der Waals surface area contributed by atoms with Gasteiger partial charge >= 0.3 is 23.1 Å². The van der Waals surface area contributed by atoms with Crippen LogP contribution in [0.1, 0.15) is 41.5 Å². The Morgan fingerprint density at radius 2 is 1.07 bits per heavy atom. The van der Waals surface area contributed by atoms with Gasteiger partial charge in [0, 0.05) is 11.2 Å². The fraction of sp³-hybridized carbons (Fsp3) is 0.900. The van der Waals surface area contributed by atoms with Crippen LogP contribution in [0, 0.1) is 6.55 Å². The molecule has 0 aromatic carbocycles. The Balaban J connectivity index is -0.000000720. The van der Waals surface area contributed by atoms with Gasteiger partial charge in [0.1, 0.15) is 0 Å². The molecule has 5 heteroatoms. The van der Waals surface area contributed by atoms with E-state index in [0.717, 1.165) is 0 Å². The standard InChI is InChI=1S/C10H23O2Si.ClH.Mg/c1-9(2,3)11-13(7,8)12-10(4,5)6;;/h7H2,1-6,8H3;1H;/q-1;;+2/p-1. The van der Waals surface area contributed by atoms with E-state index in [9.17, 15) is 0 Å². The first-order chi connectivity index (χ1) is 5.41. The second-order valence-electron chi connectivity index (χ2n) is 5.56. The number of rotatable bonds is 2. The first-order valence-corrected chi connectivity index (χ1v) is 7.19. The average Bonchev–Trinajstić information content (AvgIpc) is 1.43. The molecule has 0 atom stereocenters. The van der Waals surface area contributed by atoms with Crippen LogP contribution in [0.2, 0.25) is 6.55 Å². The van der Waals surface area contributed by atoms with E-state index >= 15 is 0 Å². The van der Waals surface area contributed by atoms with Gasteiger partial charge in [0.25, 0.3) is 0 Å². The first kappa shape index (κ1) is 21.5. The van der Waals surface area contributed by atoms with Crippen LogP contribution in [0.4, 0.5) is 0 Å². The Kier molecular flexibility index (Phi) is 9.76. The van der Waals surface area contributed by atoms with E-state index in [0.29, 0.717) is 0 Å². The van der Waals surface area contributed by atoms with Crippen LogP contribution in [0.3, 0.4) is 0 Å². The minimum atomic E-state index is -2.22. The van der Waals surface area contributed by atoms with E-state index in [1.807, 2.05) is 48.1 Å². The van der Waals surface area contributed by atoms with Gasteiger partial charge in [0.05, 0.1) is 0 Å². The molecule has 0 heterocycles. The van der Waals surface area contributed by atoms with Crippen molar-refractivity contribution < 1.29 is 21.3 Å². The molecular weight excluding hydrogens is 240 g/mol. The van der Waals surface area contributed by atoms with Crippen LogP contribution in [-0.4, -0.2) is 42.8 Å². The summed E-state index contributed by atoms with van der Waals surface area (Å²) in [6.45, 7) is 18.2. The van der Waals surface area contributed by atoms with Crippen LogP contribution in [0.25, 0.3) is 0 Å². The van der Waals surface area contributed by atoms with Crippen LogP contribution >= 0.6 is 0 Å². The second-order valence-corrected chi connectivity index (χ2v) is 8.24. The van der Waals surface area contributed by atoms with Crippen LogP contribution in [0.5, 0.6) is 0 Å². The van der Waals surface area contributed by atoms with Crippen molar-refractivity contribution in [2.24, 2.45) is 0 Å². The summed E-state index contributed by atoms with van der Waals surface area (Å²) in [7, 11) is -2.22. The Hall–Kier alpha value is 1.19. The minimum absolute atomic E-state index is 0. The third kappa shape index (κ3) is 15.2. The van der Waals surface area contributed by atoms with Crippen molar-refractivity contribution in [3.8, 4) is 0 Å². The molecular formula is C10H23ClMgO2Si. The smallest absolute Gasteiger partial charge is 1.00 e. The molecule has 0 fully saturated rings. The molecule has 0 spiro atoms. The van der Waals surface area contributed by atoms with Crippen molar-refractivity contribution in [2.45, 2.75) is 59.3 Å². The van der Waals surface area contributed by atoms with Crippen LogP contribution in [0.15, 0.2) is 0 Å². The number of halogens is 1. The van der Waals surface area contributed by atoms with Gasteiger partial charge in [-0.05, 0) is 48.1 Å². The summed E-state index contributed by atoms with van der Waals surface area (Å²) in [5, 5.41) is 0. The van der Waals surface area contributed by atoms with Crippen molar-refractivity contribution in [1.29, 1.82) is 0 Å². The molecule has 0 bridgehead atoms. The Morgan fingerprint density at radius 3 is 1.20 bits per heavy atom. The van der Waals surface area contributed by atoms with E-state index in [-0.39, 0.29) is 46.7 Å². The normalized spacial score (nSPS) is 12.8. The summed E-state index contributed by atoms with van der Waals surface area (Å²) < 4.78 is 11.6. The predicted octanol–water partition coefficient (Wildman–Crippen LogP) is -0.315. The van der Waals surface area contributed by atoms with Crippen molar-refractivity contribution in [3.05, 3.63) is 6.55 Å². The molecule has 0 radical (unpaired) electrons. The molecule has 0 saturated heterocycles. The van der Waals surface area contributed by atoms with Gasteiger partial charge in [0.2, 0.25) is 0 Å². The molecule has 0 rings (SSSR count). The van der Waals surface area contributed by atoms with E-state index in [4.69, 9.17) is 8.85 Å². The maximum atomic E-state index is 5.81. The minimum Gasteiger partial charge on any atom is -1.00 e. The van der Waals surface area contributed by atoms with E-state index in [1.165, 1.54) is 0 Å². The van der Waals surface area contributed by atoms with Crippen molar-refractivity contribution in [2.75, 3.05) is 0 Å². The molecule has 0 aliphatic heterocycles. The summed E-state index contributed by atoms with van der Waals surface area (Å²) in [5.41, 5.74) is -0.345. The molecule has 0 unspecified atom stereocenters. The summed E-state index contributed by atoms with van der Waals surface area (Å²) in [5.74, 6) is 0. The largest absolute Gasteiger partial charge is 2.00 e. The molecule has 0 aliphatic carbocycles. The fourth-order valence-electron chi connectivity index (χ4n) is 1.32. The quantitative estimate of drug-likeness (QED) is 0.502. The molecule has 0 N–H and O–H groups in total. The molecule has 88 valence electrons. The average molecular weight is 263 g/mol. The molecule has 0 aromatic heterocycles. The summed E-state index contributed by atoms with van der Waals surface area (Å²) >= 11 is 0. The van der Waals surface area contributed by atoms with E-state index in [2.05, 4.69) is 6.55 Å². The third-order valence-electron chi connectivity index (χ3n) is 1.04. The topological polar surface area (TPSA) is 18.5 Å². The molecule has 0 aromatic rings. The van der Waals surface area contributed by atoms with Gasteiger partial charge in [-0.3, -0.25) is 6.55 Å². The van der Waals surface area contributed by atoms with E-state index in [1.54, 1.807) is 0 Å². The zero-order valence-corrected chi connectivity index (χ0v) is 14.3. The van der Waals surface area contributed by atoms with Crippen molar-refractivity contribution in [3.63, 3.8) is 0 Å². The molecule has 0 saturated carbocycles. The summed E-state index contributed by atoms with van der Waals surface area (Å²) in [6.07, 6.45) is 0.